The van der Waals surface area contributed by atoms with E-state index in [1.54, 1.807) is 0 Å². The maximum absolute atomic E-state index is 5.03. The molecule has 0 aliphatic heterocycles. The Kier molecular flexibility index (Phi) is 13.9. The predicted octanol–water partition coefficient (Wildman–Crippen LogP) is 0.885. The van der Waals surface area contributed by atoms with E-state index in [0.717, 1.165) is 0 Å². The minimum atomic E-state index is -2.31. The molecule has 0 saturated heterocycles. The van der Waals surface area contributed by atoms with Crippen molar-refractivity contribution in [3.8, 4) is 0 Å². The summed E-state index contributed by atoms with van der Waals surface area (Å²) in [5, 5.41) is 0. The molecule has 0 radical (unpaired) electrons. The molecule has 0 atom stereocenters. The summed E-state index contributed by atoms with van der Waals surface area (Å²) in [6.45, 7) is 15.1. The Balaban J connectivity index is 0. The van der Waals surface area contributed by atoms with E-state index in [-0.39, 0.29) is 17.4 Å². The summed E-state index contributed by atoms with van der Waals surface area (Å²) in [6, 6.07) is 0. The molecule has 0 aromatic rings. The van der Waals surface area contributed by atoms with Gasteiger partial charge >= 0.3 is 46.0 Å². The van der Waals surface area contributed by atoms with Crippen LogP contribution in [-0.2, 0) is 0 Å². The Morgan fingerprint density at radius 3 is 1.00 bits per heavy atom. The van der Waals surface area contributed by atoms with Crippen LogP contribution in [-0.4, -0.2) is 17.4 Å². The third kappa shape index (κ3) is 20.7. The van der Waals surface area contributed by atoms with Gasteiger partial charge in [0.2, 0.25) is 0 Å². The van der Waals surface area contributed by atoms with Gasteiger partial charge in [-0.25, -0.2) is 0 Å². The van der Waals surface area contributed by atoms with Gasteiger partial charge in [-0.3, -0.25) is 0 Å². The Morgan fingerprint density at radius 1 is 1.00 bits per heavy atom. The fourth-order valence-electron chi connectivity index (χ4n) is 0. The average Bonchev–Trinajstić information content (AvgIpc) is 0.811. The monoisotopic (exact) mass is 274 g/mol. The molecule has 0 amide bonds. The van der Waals surface area contributed by atoms with E-state index >= 15 is 0 Å². The predicted molar refractivity (Wildman–Crippen MR) is 27.5 cm³/mol. The van der Waals surface area contributed by atoms with E-state index in [4.69, 9.17) is 20.4 Å². The van der Waals surface area contributed by atoms with Gasteiger partial charge in [-0.05, 0) is 0 Å². The summed E-state index contributed by atoms with van der Waals surface area (Å²) in [5.41, 5.74) is 0. The Morgan fingerprint density at radius 2 is 1.00 bits per heavy atom. The zero-order valence-corrected chi connectivity index (χ0v) is 7.60. The van der Waals surface area contributed by atoms with Gasteiger partial charge in [0, 0.05) is 0 Å². The van der Waals surface area contributed by atoms with Gasteiger partial charge in [-0.1, -0.05) is 0 Å². The third-order valence-electron chi connectivity index (χ3n) is 0. The van der Waals surface area contributed by atoms with Crippen molar-refractivity contribution < 1.29 is 25.7 Å². The van der Waals surface area contributed by atoms with Crippen LogP contribution < -0.4 is 0 Å². The number of hydrogen-bond acceptors (Lipinski definition) is 0. The van der Waals surface area contributed by atoms with E-state index in [2.05, 4.69) is 0 Å². The number of hydrogen-bond donors (Lipinski definition) is 0. The first-order valence-corrected chi connectivity index (χ1v) is 14.3. The quantitative estimate of drug-likeness (QED) is 0.576. The molecule has 0 unspecified atom stereocenters. The van der Waals surface area contributed by atoms with Crippen LogP contribution in [0.2, 0.25) is 0 Å². The van der Waals surface area contributed by atoms with E-state index < -0.39 is 25.7 Å². The molecule has 0 heterocycles. The molecule has 0 rings (SSSR count). The third-order valence-corrected chi connectivity index (χ3v) is 0. The molecule has 5 heteroatoms. The van der Waals surface area contributed by atoms with E-state index in [9.17, 15) is 0 Å². The minimum absolute atomic E-state index is 0. The first kappa shape index (κ1) is 10.6. The summed E-state index contributed by atoms with van der Waals surface area (Å²) in [7, 11) is 0. The van der Waals surface area contributed by atoms with Gasteiger partial charge in [0.15, 0.2) is 17.4 Å². The van der Waals surface area contributed by atoms with Crippen LogP contribution in [0.1, 0.15) is 0 Å². The molecule has 0 aromatic carbocycles. The molecule has 0 bridgehead atoms. The van der Waals surface area contributed by atoms with Crippen molar-refractivity contribution in [3.05, 3.63) is 0 Å². The second-order valence-electron chi connectivity index (χ2n) is 0.247. The van der Waals surface area contributed by atoms with Gasteiger partial charge in [0.1, 0.15) is 0 Å². The molecule has 0 N–H and O–H groups in total. The van der Waals surface area contributed by atoms with Gasteiger partial charge in [0.25, 0.3) is 0 Å². The van der Waals surface area contributed by atoms with Crippen molar-refractivity contribution >= 4 is 37.7 Å². The topological polar surface area (TPSA) is 0 Å². The zero-order chi connectivity index (χ0) is 3.58. The fraction of sp³-hybridized carbons (Fsp3) is 0. The standard InChI is InChI=1S/Al.3ClH.La.3H/h;3*1H;;;;/q;;;;+3;;;/p-3. The van der Waals surface area contributed by atoms with Crippen LogP contribution >= 0.6 is 20.4 Å². The van der Waals surface area contributed by atoms with E-state index in [1.165, 1.54) is 0 Å². The van der Waals surface area contributed by atoms with Gasteiger partial charge in [0.05, 0.1) is 0 Å². The van der Waals surface area contributed by atoms with Crippen LogP contribution in [0.25, 0.3) is 0 Å². The molecule has 0 aliphatic carbocycles. The molecule has 5 heavy (non-hydrogen) atoms. The molecular formula is H3AlCl3La. The molecule has 0 spiro atoms. The Bertz CT molecular complexity index is 11.6. The van der Waals surface area contributed by atoms with E-state index in [0.29, 0.717) is 0 Å². The van der Waals surface area contributed by atoms with Crippen molar-refractivity contribution in [1.82, 2.24) is 0 Å². The van der Waals surface area contributed by atoms with Crippen molar-refractivity contribution in [2.24, 2.45) is 0 Å². The molecule has 0 saturated carbocycles. The van der Waals surface area contributed by atoms with Crippen LogP contribution in [0.3, 0.4) is 0 Å². The van der Waals surface area contributed by atoms with E-state index in [1.807, 2.05) is 0 Å². The van der Waals surface area contributed by atoms with Crippen molar-refractivity contribution in [2.45, 2.75) is 0 Å². The second-order valence-corrected chi connectivity index (χ2v) is 16.2. The van der Waals surface area contributed by atoms with Crippen molar-refractivity contribution in [3.63, 3.8) is 0 Å². The zero-order valence-electron chi connectivity index (χ0n) is 1.71. The number of rotatable bonds is 0. The normalized spacial score (nSPS) is 5.40. The first-order chi connectivity index (χ1) is 1.73. The molecular weight excluding hydrogens is 272 g/mol. The number of halogens is 3. The molecule has 0 nitrogen and oxygen atoms in total. The summed E-state index contributed by atoms with van der Waals surface area (Å²) < 4.78 is 0. The SMILES string of the molecule is [AlH3].[Cl][La]([Cl])[Cl]. The van der Waals surface area contributed by atoms with Crippen molar-refractivity contribution in [2.75, 3.05) is 0 Å². The second kappa shape index (κ2) is 6.60. The summed E-state index contributed by atoms with van der Waals surface area (Å²) in [5.74, 6) is 0. The fourth-order valence-corrected chi connectivity index (χ4v) is 0. The van der Waals surface area contributed by atoms with Crippen LogP contribution in [0.4, 0.5) is 0 Å². The van der Waals surface area contributed by atoms with Crippen LogP contribution in [0.15, 0.2) is 0 Å². The van der Waals surface area contributed by atoms with Gasteiger partial charge < -0.3 is 0 Å². The summed E-state index contributed by atoms with van der Waals surface area (Å²) in [6.07, 6.45) is 0. The summed E-state index contributed by atoms with van der Waals surface area (Å²) >= 11 is -2.31. The average molecular weight is 275 g/mol. The Hall–Kier alpha value is 2.60. The molecule has 30 valence electrons. The van der Waals surface area contributed by atoms with Crippen LogP contribution in [0.5, 0.6) is 0 Å². The maximum atomic E-state index is 5.03. The van der Waals surface area contributed by atoms with Crippen molar-refractivity contribution in [1.29, 1.82) is 0 Å². The molecule has 0 aliphatic rings. The first-order valence-electron chi connectivity index (χ1n) is 0.655. The molecule has 0 fully saturated rings. The molecule has 0 aromatic heterocycles. The van der Waals surface area contributed by atoms with Gasteiger partial charge in [-0.2, -0.15) is 0 Å². The van der Waals surface area contributed by atoms with Gasteiger partial charge in [-0.15, -0.1) is 0 Å². The Labute approximate surface area is 62.0 Å². The van der Waals surface area contributed by atoms with Crippen LogP contribution in [0, 0.1) is 25.7 Å². The summed E-state index contributed by atoms with van der Waals surface area (Å²) in [4.78, 5) is 0.